The molecule has 0 fully saturated rings. The molecule has 1 N–H and O–H groups in total. The van der Waals surface area contributed by atoms with E-state index in [1.807, 2.05) is 35.7 Å². The van der Waals surface area contributed by atoms with Gasteiger partial charge in [0.25, 0.3) is 5.91 Å². The molecule has 0 spiro atoms. The van der Waals surface area contributed by atoms with Crippen LogP contribution in [0.5, 0.6) is 11.5 Å². The lowest BCUT2D eigenvalue weighted by Crippen LogP contribution is -2.28. The zero-order valence-electron chi connectivity index (χ0n) is 18.9. The Morgan fingerprint density at radius 3 is 2.52 bits per heavy atom. The summed E-state index contributed by atoms with van der Waals surface area (Å²) in [4.78, 5) is 15.5. The highest BCUT2D eigenvalue weighted by atomic mass is 32.2. The summed E-state index contributed by atoms with van der Waals surface area (Å²) in [5.74, 6) is 1.12. The number of methoxy groups -OCH3 is 2. The molecule has 0 saturated carbocycles. The number of benzene rings is 2. The summed E-state index contributed by atoms with van der Waals surface area (Å²) >= 11 is 1.48. The van der Waals surface area contributed by atoms with E-state index in [1.54, 1.807) is 38.3 Å². The van der Waals surface area contributed by atoms with Gasteiger partial charge in [0.1, 0.15) is 0 Å². The first-order valence-electron chi connectivity index (χ1n) is 10.4. The molecule has 0 saturated heterocycles. The number of carbonyl (C=O) groups is 1. The lowest BCUT2D eigenvalue weighted by atomic mass is 10.1. The van der Waals surface area contributed by atoms with E-state index in [9.17, 15) is 13.2 Å². The molecular weight excluding hydrogens is 460 g/mol. The zero-order valence-corrected chi connectivity index (χ0v) is 20.5. The summed E-state index contributed by atoms with van der Waals surface area (Å²) in [6.45, 7) is 0.745. The highest BCUT2D eigenvalue weighted by molar-refractivity contribution is 7.89. The summed E-state index contributed by atoms with van der Waals surface area (Å²) in [5.41, 5.74) is 1.42. The summed E-state index contributed by atoms with van der Waals surface area (Å²) in [5, 5.41) is 1.89. The van der Waals surface area contributed by atoms with Gasteiger partial charge >= 0.3 is 0 Å². The predicted molar refractivity (Wildman–Crippen MR) is 130 cm³/mol. The van der Waals surface area contributed by atoms with Crippen LogP contribution in [0, 0.1) is 0 Å². The number of aryl methyl sites for hydroxylation is 1. The number of sulfonamides is 1. The summed E-state index contributed by atoms with van der Waals surface area (Å²) in [6, 6.07) is 15.6. The van der Waals surface area contributed by atoms with Gasteiger partial charge in [0.15, 0.2) is 11.5 Å². The monoisotopic (exact) mass is 488 g/mol. The largest absolute Gasteiger partial charge is 0.493 e. The fourth-order valence-corrected chi connectivity index (χ4v) is 5.13. The number of nitrogens with one attached hydrogen (secondary N) is 1. The third-order valence-electron chi connectivity index (χ3n) is 5.16. The number of carbonyl (C=O) groups excluding carboxylic acids is 1. The first-order valence-corrected chi connectivity index (χ1v) is 12.8. The fraction of sp³-hybridized carbons (Fsp3) is 0.292. The number of amides is 1. The van der Waals surface area contributed by atoms with Crippen LogP contribution in [0.3, 0.4) is 0 Å². The average molecular weight is 489 g/mol. The normalized spacial score (nSPS) is 11.2. The lowest BCUT2D eigenvalue weighted by molar-refractivity contribution is 0.0793. The zero-order chi connectivity index (χ0) is 23.8. The first-order chi connectivity index (χ1) is 15.8. The molecular formula is C24H28N2O5S2. The molecule has 1 heterocycles. The fourth-order valence-electron chi connectivity index (χ4n) is 3.34. The van der Waals surface area contributed by atoms with Crippen molar-refractivity contribution in [3.05, 3.63) is 76.0 Å². The average Bonchev–Trinajstić information content (AvgIpc) is 3.36. The Morgan fingerprint density at radius 2 is 1.82 bits per heavy atom. The number of hydrogen-bond acceptors (Lipinski definition) is 6. The van der Waals surface area contributed by atoms with Crippen molar-refractivity contribution in [3.8, 4) is 11.5 Å². The van der Waals surface area contributed by atoms with Gasteiger partial charge in [-0.25, -0.2) is 13.1 Å². The van der Waals surface area contributed by atoms with E-state index < -0.39 is 10.0 Å². The van der Waals surface area contributed by atoms with Crippen LogP contribution in [0.4, 0.5) is 0 Å². The minimum Gasteiger partial charge on any atom is -0.493 e. The van der Waals surface area contributed by atoms with Crippen molar-refractivity contribution in [2.24, 2.45) is 0 Å². The Balaban J connectivity index is 1.59. The molecule has 0 unspecified atom stereocenters. The molecule has 0 aliphatic heterocycles. The number of rotatable bonds is 11. The molecule has 1 aromatic heterocycles. The highest BCUT2D eigenvalue weighted by Gasteiger charge is 2.18. The Hall–Kier alpha value is -2.88. The summed E-state index contributed by atoms with van der Waals surface area (Å²) < 4.78 is 38.5. The molecule has 33 heavy (non-hydrogen) atoms. The first kappa shape index (κ1) is 24.8. The topological polar surface area (TPSA) is 84.9 Å². The van der Waals surface area contributed by atoms with Crippen molar-refractivity contribution in [1.82, 2.24) is 9.62 Å². The molecule has 1 amide bonds. The van der Waals surface area contributed by atoms with Gasteiger partial charge in [-0.15, -0.1) is 11.3 Å². The maximum atomic E-state index is 12.9. The molecule has 7 nitrogen and oxygen atoms in total. The maximum absolute atomic E-state index is 12.9. The van der Waals surface area contributed by atoms with Gasteiger partial charge in [-0.2, -0.15) is 0 Å². The van der Waals surface area contributed by atoms with E-state index in [4.69, 9.17) is 9.47 Å². The van der Waals surface area contributed by atoms with Crippen LogP contribution in [0.15, 0.2) is 64.9 Å². The van der Waals surface area contributed by atoms with Crippen LogP contribution in [-0.2, 0) is 23.0 Å². The SMILES string of the molecule is COc1ccc(CCCN(C)C(=O)c2cccc(S(=O)(=O)NCc3cccs3)c2)cc1OC. The van der Waals surface area contributed by atoms with Crippen molar-refractivity contribution < 1.29 is 22.7 Å². The Kier molecular flexibility index (Phi) is 8.49. The maximum Gasteiger partial charge on any atom is 0.253 e. The van der Waals surface area contributed by atoms with E-state index in [2.05, 4.69) is 4.72 Å². The van der Waals surface area contributed by atoms with E-state index in [1.165, 1.54) is 23.5 Å². The number of ether oxygens (including phenoxy) is 2. The second-order valence-electron chi connectivity index (χ2n) is 7.45. The number of thiophene rings is 1. The van der Waals surface area contributed by atoms with Gasteiger partial charge in [0.05, 0.1) is 19.1 Å². The molecule has 0 atom stereocenters. The molecule has 0 radical (unpaired) electrons. The Labute approximate surface area is 199 Å². The van der Waals surface area contributed by atoms with Gasteiger partial charge in [-0.3, -0.25) is 4.79 Å². The van der Waals surface area contributed by atoms with Gasteiger partial charge in [0, 0.05) is 30.6 Å². The van der Waals surface area contributed by atoms with Gasteiger partial charge in [-0.1, -0.05) is 18.2 Å². The Bertz CT molecular complexity index is 1180. The molecule has 2 aromatic carbocycles. The Morgan fingerprint density at radius 1 is 1.03 bits per heavy atom. The molecule has 176 valence electrons. The van der Waals surface area contributed by atoms with Crippen molar-refractivity contribution >= 4 is 27.3 Å². The molecule has 3 rings (SSSR count). The summed E-state index contributed by atoms with van der Waals surface area (Å²) in [7, 11) is 1.19. The molecule has 0 bridgehead atoms. The van der Waals surface area contributed by atoms with Gasteiger partial charge in [-0.05, 0) is 60.2 Å². The van der Waals surface area contributed by atoms with Crippen molar-refractivity contribution in [1.29, 1.82) is 0 Å². The second-order valence-corrected chi connectivity index (χ2v) is 10.3. The van der Waals surface area contributed by atoms with Crippen LogP contribution < -0.4 is 14.2 Å². The van der Waals surface area contributed by atoms with E-state index in [-0.39, 0.29) is 17.3 Å². The smallest absolute Gasteiger partial charge is 0.253 e. The molecule has 0 aliphatic carbocycles. The van der Waals surface area contributed by atoms with Crippen LogP contribution in [0.2, 0.25) is 0 Å². The quantitative estimate of drug-likeness (QED) is 0.442. The lowest BCUT2D eigenvalue weighted by Gasteiger charge is -2.18. The van der Waals surface area contributed by atoms with Crippen molar-refractivity contribution in [2.75, 3.05) is 27.8 Å². The minimum atomic E-state index is -3.72. The van der Waals surface area contributed by atoms with Gasteiger partial charge < -0.3 is 14.4 Å². The molecule has 9 heteroatoms. The van der Waals surface area contributed by atoms with Gasteiger partial charge in [0.2, 0.25) is 10.0 Å². The van der Waals surface area contributed by atoms with Crippen LogP contribution in [0.1, 0.15) is 27.2 Å². The summed E-state index contributed by atoms with van der Waals surface area (Å²) in [6.07, 6.45) is 1.51. The van der Waals surface area contributed by atoms with Crippen LogP contribution in [0.25, 0.3) is 0 Å². The second kappa shape index (κ2) is 11.3. The highest BCUT2D eigenvalue weighted by Crippen LogP contribution is 2.28. The number of hydrogen-bond donors (Lipinski definition) is 1. The van der Waals surface area contributed by atoms with E-state index >= 15 is 0 Å². The standard InChI is InChI=1S/C24H28N2O5S2/c1-26(13-5-7-18-11-12-22(30-2)23(15-18)31-3)24(27)19-8-4-10-21(16-19)33(28,29)25-17-20-9-6-14-32-20/h4,6,8-12,14-16,25H,5,7,13,17H2,1-3H3. The molecule has 3 aromatic rings. The van der Waals surface area contributed by atoms with Crippen LogP contribution in [-0.4, -0.2) is 47.0 Å². The van der Waals surface area contributed by atoms with Crippen molar-refractivity contribution in [3.63, 3.8) is 0 Å². The van der Waals surface area contributed by atoms with E-state index in [0.717, 1.165) is 23.3 Å². The van der Waals surface area contributed by atoms with E-state index in [0.29, 0.717) is 23.6 Å². The predicted octanol–water partition coefficient (Wildman–Crippen LogP) is 3.95. The third kappa shape index (κ3) is 6.56. The van der Waals surface area contributed by atoms with Crippen molar-refractivity contribution in [2.45, 2.75) is 24.3 Å². The molecule has 0 aliphatic rings. The minimum absolute atomic E-state index is 0.0728. The third-order valence-corrected chi connectivity index (χ3v) is 7.44. The van der Waals surface area contributed by atoms with Crippen LogP contribution >= 0.6 is 11.3 Å². The number of nitrogens with zero attached hydrogens (tertiary/aromatic N) is 1.